The van der Waals surface area contributed by atoms with Crippen LogP contribution in [-0.2, 0) is 6.42 Å². The maximum Gasteiger partial charge on any atom is 0.192 e. The first-order valence-corrected chi connectivity index (χ1v) is 10.7. The van der Waals surface area contributed by atoms with Crippen LogP contribution in [0.5, 0.6) is 11.5 Å². The minimum absolute atomic E-state index is 0.134. The molecule has 1 aromatic heterocycles. The Morgan fingerprint density at radius 2 is 2.10 bits per heavy atom. The van der Waals surface area contributed by atoms with E-state index in [9.17, 15) is 5.11 Å². The summed E-state index contributed by atoms with van der Waals surface area (Å²) in [5.74, 6) is 2.19. The van der Waals surface area contributed by atoms with E-state index in [1.54, 1.807) is 0 Å². The number of para-hydroxylation sites is 1. The Labute approximate surface area is 180 Å². The Hall–Kier alpha value is -2.28. The van der Waals surface area contributed by atoms with Gasteiger partial charge in [0.15, 0.2) is 17.0 Å². The normalized spacial score (nSPS) is 19.0. The Balaban J connectivity index is 1.13. The van der Waals surface area contributed by atoms with Crippen molar-refractivity contribution in [3.8, 4) is 11.5 Å². The van der Waals surface area contributed by atoms with E-state index in [1.807, 2.05) is 43.3 Å². The molecule has 158 valence electrons. The molecule has 1 saturated heterocycles. The molecule has 0 aliphatic carbocycles. The van der Waals surface area contributed by atoms with Crippen LogP contribution in [0.25, 0.3) is 11.1 Å². The van der Waals surface area contributed by atoms with E-state index in [4.69, 9.17) is 25.5 Å². The van der Waals surface area contributed by atoms with Gasteiger partial charge in [0.25, 0.3) is 0 Å². The fourth-order valence-electron chi connectivity index (χ4n) is 4.51. The number of aliphatic hydroxyl groups is 1. The molecule has 2 aliphatic heterocycles. The summed E-state index contributed by atoms with van der Waals surface area (Å²) in [7, 11) is 0. The fourth-order valence-corrected chi connectivity index (χ4v) is 4.71. The molecule has 1 atom stereocenters. The number of halogens is 1. The number of β-amino-alcohol motifs (C(OH)–C–C–N with tert-alkyl or cyclic N) is 1. The number of hydrogen-bond acceptors (Lipinski definition) is 6. The molecule has 0 saturated carbocycles. The smallest absolute Gasteiger partial charge is 0.192 e. The summed E-state index contributed by atoms with van der Waals surface area (Å²) in [6, 6.07) is 11.4. The number of piperidine rings is 1. The third-order valence-corrected chi connectivity index (χ3v) is 6.25. The highest BCUT2D eigenvalue weighted by Gasteiger charge is 2.42. The molecular weight excluding hydrogens is 404 g/mol. The first kappa shape index (κ1) is 19.7. The molecule has 2 aromatic carbocycles. The Morgan fingerprint density at radius 1 is 1.27 bits per heavy atom. The number of ether oxygens (including phenoxy) is 2. The Morgan fingerprint density at radius 3 is 2.93 bits per heavy atom. The number of hydrogen-bond donors (Lipinski definition) is 1. The number of aromatic nitrogens is 1. The van der Waals surface area contributed by atoms with Gasteiger partial charge in [0, 0.05) is 50.8 Å². The van der Waals surface area contributed by atoms with Crippen LogP contribution in [0.2, 0.25) is 5.02 Å². The molecule has 1 fully saturated rings. The van der Waals surface area contributed by atoms with Crippen molar-refractivity contribution in [3.63, 3.8) is 0 Å². The van der Waals surface area contributed by atoms with Gasteiger partial charge in [-0.1, -0.05) is 17.7 Å². The molecule has 5 rings (SSSR count). The minimum Gasteiger partial charge on any atom is -0.488 e. The molecule has 2 aliphatic rings. The average molecular weight is 429 g/mol. The van der Waals surface area contributed by atoms with E-state index in [0.717, 1.165) is 43.1 Å². The Kier molecular flexibility index (Phi) is 5.09. The molecule has 1 unspecified atom stereocenters. The highest BCUT2D eigenvalue weighted by molar-refractivity contribution is 6.30. The third kappa shape index (κ3) is 3.87. The minimum atomic E-state index is -0.581. The second-order valence-electron chi connectivity index (χ2n) is 8.32. The topological polar surface area (TPSA) is 68.0 Å². The molecule has 0 amide bonds. The largest absolute Gasteiger partial charge is 0.488 e. The van der Waals surface area contributed by atoms with Crippen LogP contribution in [-0.4, -0.2) is 52.9 Å². The van der Waals surface area contributed by atoms with Crippen molar-refractivity contribution in [1.82, 2.24) is 9.88 Å². The van der Waals surface area contributed by atoms with Crippen LogP contribution in [0.1, 0.15) is 24.3 Å². The molecule has 1 N–H and O–H groups in total. The monoisotopic (exact) mass is 428 g/mol. The van der Waals surface area contributed by atoms with Crippen molar-refractivity contribution in [3.05, 3.63) is 52.9 Å². The molecule has 30 heavy (non-hydrogen) atoms. The molecule has 6 nitrogen and oxygen atoms in total. The van der Waals surface area contributed by atoms with Crippen molar-refractivity contribution >= 4 is 22.7 Å². The Bertz CT molecular complexity index is 1060. The van der Waals surface area contributed by atoms with Crippen molar-refractivity contribution < 1.29 is 19.0 Å². The molecule has 7 heteroatoms. The lowest BCUT2D eigenvalue weighted by molar-refractivity contribution is -0.00187. The number of aryl methyl sites for hydroxylation is 1. The maximum absolute atomic E-state index is 10.5. The van der Waals surface area contributed by atoms with Crippen molar-refractivity contribution in [2.45, 2.75) is 37.9 Å². The lowest BCUT2D eigenvalue weighted by Gasteiger charge is -2.39. The van der Waals surface area contributed by atoms with Gasteiger partial charge < -0.3 is 23.9 Å². The van der Waals surface area contributed by atoms with Gasteiger partial charge in [0.1, 0.15) is 29.8 Å². The predicted molar refractivity (Wildman–Crippen MR) is 114 cm³/mol. The fraction of sp³-hybridized carbons (Fsp3) is 0.435. The zero-order valence-electron chi connectivity index (χ0n) is 16.9. The van der Waals surface area contributed by atoms with E-state index in [0.29, 0.717) is 29.3 Å². The van der Waals surface area contributed by atoms with E-state index >= 15 is 0 Å². The zero-order valence-corrected chi connectivity index (χ0v) is 17.7. The maximum atomic E-state index is 10.5. The second kappa shape index (κ2) is 7.76. The number of oxazole rings is 1. The van der Waals surface area contributed by atoms with Crippen LogP contribution in [0, 0.1) is 6.92 Å². The van der Waals surface area contributed by atoms with Gasteiger partial charge in [-0.3, -0.25) is 0 Å². The molecule has 0 radical (unpaired) electrons. The summed E-state index contributed by atoms with van der Waals surface area (Å²) >= 11 is 6.13. The van der Waals surface area contributed by atoms with Gasteiger partial charge >= 0.3 is 0 Å². The highest BCUT2D eigenvalue weighted by Crippen LogP contribution is 2.41. The van der Waals surface area contributed by atoms with E-state index in [1.165, 1.54) is 5.56 Å². The van der Waals surface area contributed by atoms with Crippen molar-refractivity contribution in [1.29, 1.82) is 0 Å². The number of fused-ring (bicyclic) bond motifs is 2. The first-order chi connectivity index (χ1) is 14.5. The number of nitrogens with zero attached hydrogens (tertiary/aromatic N) is 2. The SMILES string of the molecule is Cc1nc2c(OCC(O)CN3CCC4(CC3)Cc3cc(Cl)ccc3O4)cccc2o1. The zero-order chi connectivity index (χ0) is 20.7. The standard InChI is InChI=1S/C23H25ClN2O4/c1-15-25-22-20(3-2-4-21(22)29-15)28-14-18(27)13-26-9-7-23(8-10-26)12-16-11-17(24)5-6-19(16)30-23/h2-6,11,18,27H,7-10,12-14H2,1H3. The van der Waals surface area contributed by atoms with E-state index in [-0.39, 0.29) is 12.2 Å². The lowest BCUT2D eigenvalue weighted by Crippen LogP contribution is -2.49. The third-order valence-electron chi connectivity index (χ3n) is 6.02. The molecule has 3 heterocycles. The van der Waals surface area contributed by atoms with Crippen molar-refractivity contribution in [2.24, 2.45) is 0 Å². The van der Waals surface area contributed by atoms with Gasteiger partial charge in [0.05, 0.1) is 0 Å². The van der Waals surface area contributed by atoms with E-state index in [2.05, 4.69) is 9.88 Å². The number of likely N-dealkylation sites (tertiary alicyclic amines) is 1. The number of benzene rings is 2. The average Bonchev–Trinajstić information content (AvgIpc) is 3.27. The summed E-state index contributed by atoms with van der Waals surface area (Å²) in [5, 5.41) is 11.3. The highest BCUT2D eigenvalue weighted by atomic mass is 35.5. The van der Waals surface area contributed by atoms with Gasteiger partial charge in [-0.25, -0.2) is 4.98 Å². The molecular formula is C23H25ClN2O4. The predicted octanol–water partition coefficient (Wildman–Crippen LogP) is 4.00. The molecule has 0 bridgehead atoms. The summed E-state index contributed by atoms with van der Waals surface area (Å²) in [6.07, 6.45) is 2.20. The number of aliphatic hydroxyl groups excluding tert-OH is 1. The molecule has 3 aromatic rings. The summed E-state index contributed by atoms with van der Waals surface area (Å²) in [4.78, 5) is 6.64. The van der Waals surface area contributed by atoms with Crippen LogP contribution >= 0.6 is 11.6 Å². The van der Waals surface area contributed by atoms with Crippen LogP contribution in [0.3, 0.4) is 0 Å². The van der Waals surface area contributed by atoms with Crippen LogP contribution in [0.15, 0.2) is 40.8 Å². The van der Waals surface area contributed by atoms with Crippen LogP contribution in [0.4, 0.5) is 0 Å². The summed E-state index contributed by atoms with van der Waals surface area (Å²) < 4.78 is 17.7. The quantitative estimate of drug-likeness (QED) is 0.662. The van der Waals surface area contributed by atoms with Gasteiger partial charge in [0.2, 0.25) is 0 Å². The number of rotatable bonds is 5. The second-order valence-corrected chi connectivity index (χ2v) is 8.75. The van der Waals surface area contributed by atoms with Crippen molar-refractivity contribution in [2.75, 3.05) is 26.2 Å². The first-order valence-electron chi connectivity index (χ1n) is 10.4. The van der Waals surface area contributed by atoms with Crippen LogP contribution < -0.4 is 9.47 Å². The van der Waals surface area contributed by atoms with Gasteiger partial charge in [-0.2, -0.15) is 0 Å². The summed E-state index contributed by atoms with van der Waals surface area (Å²) in [6.45, 7) is 4.37. The summed E-state index contributed by atoms with van der Waals surface area (Å²) in [5.41, 5.74) is 2.45. The lowest BCUT2D eigenvalue weighted by atomic mass is 9.87. The molecule has 1 spiro atoms. The van der Waals surface area contributed by atoms with Gasteiger partial charge in [-0.05, 0) is 35.9 Å². The van der Waals surface area contributed by atoms with Gasteiger partial charge in [-0.15, -0.1) is 0 Å². The van der Waals surface area contributed by atoms with E-state index < -0.39 is 6.10 Å².